The molecular formula is C16H19N3O5S. The average Bonchev–Trinajstić information content (AvgIpc) is 3.17. The van der Waals surface area contributed by atoms with Crippen LogP contribution >= 0.6 is 0 Å². The van der Waals surface area contributed by atoms with E-state index < -0.39 is 27.6 Å². The second-order valence-corrected chi connectivity index (χ2v) is 8.44. The molecule has 3 amide bonds. The van der Waals surface area contributed by atoms with Crippen LogP contribution in [0.3, 0.4) is 0 Å². The molecule has 8 nitrogen and oxygen atoms in total. The quantitative estimate of drug-likeness (QED) is 0.733. The molecule has 9 heteroatoms. The maximum Gasteiger partial charge on any atom is 0.271 e. The third kappa shape index (κ3) is 3.81. The van der Waals surface area contributed by atoms with Gasteiger partial charge in [0.15, 0.2) is 9.84 Å². The topological polar surface area (TPSA) is 113 Å². The van der Waals surface area contributed by atoms with Crippen LogP contribution in [-0.2, 0) is 19.4 Å². The minimum absolute atomic E-state index is 0.0149. The van der Waals surface area contributed by atoms with Crippen LogP contribution in [0.15, 0.2) is 24.3 Å². The summed E-state index contributed by atoms with van der Waals surface area (Å²) in [5, 5.41) is 0. The lowest BCUT2D eigenvalue weighted by Crippen LogP contribution is -2.45. The lowest BCUT2D eigenvalue weighted by Gasteiger charge is -2.19. The van der Waals surface area contributed by atoms with E-state index in [2.05, 4.69) is 10.9 Å². The third-order valence-electron chi connectivity index (χ3n) is 4.42. The minimum atomic E-state index is -3.17. The van der Waals surface area contributed by atoms with Crippen LogP contribution in [-0.4, -0.2) is 44.2 Å². The van der Waals surface area contributed by atoms with Gasteiger partial charge in [0.25, 0.3) is 5.91 Å². The molecule has 25 heavy (non-hydrogen) atoms. The van der Waals surface area contributed by atoms with Crippen molar-refractivity contribution in [1.82, 2.24) is 10.9 Å². The van der Waals surface area contributed by atoms with Gasteiger partial charge in [0.2, 0.25) is 11.8 Å². The molecule has 0 saturated carbocycles. The van der Waals surface area contributed by atoms with E-state index in [-0.39, 0.29) is 29.4 Å². The number of anilines is 1. The first-order chi connectivity index (χ1) is 11.9. The molecule has 0 unspecified atom stereocenters. The van der Waals surface area contributed by atoms with Gasteiger partial charge in [-0.05, 0) is 25.0 Å². The SMILES string of the molecule is O=C(NNC(=O)[C@H]1CCS(=O)(=O)C1)c1ccccc1N1CCCC1=O. The number of carbonyl (C=O) groups is 3. The Balaban J connectivity index is 1.66. The predicted octanol–water partition coefficient (Wildman–Crippen LogP) is 0.00910. The Kier molecular flexibility index (Phi) is 4.76. The van der Waals surface area contributed by atoms with E-state index in [0.717, 1.165) is 6.42 Å². The Bertz CT molecular complexity index is 821. The van der Waals surface area contributed by atoms with Crippen LogP contribution in [0, 0.1) is 5.92 Å². The van der Waals surface area contributed by atoms with E-state index in [0.29, 0.717) is 18.7 Å². The van der Waals surface area contributed by atoms with Crippen LogP contribution < -0.4 is 15.8 Å². The lowest BCUT2D eigenvalue weighted by atomic mass is 10.1. The molecular weight excluding hydrogens is 346 g/mol. The number of hydrogen-bond donors (Lipinski definition) is 2. The van der Waals surface area contributed by atoms with Crippen molar-refractivity contribution in [2.75, 3.05) is 23.0 Å². The van der Waals surface area contributed by atoms with Crippen LogP contribution in [0.1, 0.15) is 29.6 Å². The highest BCUT2D eigenvalue weighted by molar-refractivity contribution is 7.91. The lowest BCUT2D eigenvalue weighted by molar-refractivity contribution is -0.125. The van der Waals surface area contributed by atoms with Crippen molar-refractivity contribution in [1.29, 1.82) is 0 Å². The van der Waals surface area contributed by atoms with Crippen molar-refractivity contribution in [2.45, 2.75) is 19.3 Å². The van der Waals surface area contributed by atoms with Crippen molar-refractivity contribution >= 4 is 33.2 Å². The van der Waals surface area contributed by atoms with Crippen LogP contribution in [0.2, 0.25) is 0 Å². The molecule has 1 aromatic rings. The van der Waals surface area contributed by atoms with Gasteiger partial charge in [-0.25, -0.2) is 8.42 Å². The number of benzene rings is 1. The first-order valence-electron chi connectivity index (χ1n) is 8.07. The summed E-state index contributed by atoms with van der Waals surface area (Å²) in [5.74, 6) is -1.98. The van der Waals surface area contributed by atoms with Gasteiger partial charge in [0.05, 0.1) is 28.7 Å². The zero-order valence-corrected chi connectivity index (χ0v) is 14.3. The normalized spacial score (nSPS) is 22.0. The Morgan fingerprint density at radius 2 is 1.92 bits per heavy atom. The van der Waals surface area contributed by atoms with E-state index in [1.165, 1.54) is 0 Å². The van der Waals surface area contributed by atoms with Gasteiger partial charge in [-0.3, -0.25) is 25.2 Å². The van der Waals surface area contributed by atoms with Crippen molar-refractivity contribution in [3.63, 3.8) is 0 Å². The fourth-order valence-electron chi connectivity index (χ4n) is 3.09. The molecule has 1 atom stereocenters. The summed E-state index contributed by atoms with van der Waals surface area (Å²) in [7, 11) is -3.17. The van der Waals surface area contributed by atoms with Crippen LogP contribution in [0.4, 0.5) is 5.69 Å². The Hall–Kier alpha value is -2.42. The summed E-state index contributed by atoms with van der Waals surface area (Å²) in [6.45, 7) is 0.551. The first-order valence-corrected chi connectivity index (χ1v) is 9.89. The maximum atomic E-state index is 12.4. The molecule has 3 rings (SSSR count). The maximum absolute atomic E-state index is 12.4. The summed E-state index contributed by atoms with van der Waals surface area (Å²) in [6, 6.07) is 6.66. The molecule has 2 N–H and O–H groups in total. The zero-order valence-electron chi connectivity index (χ0n) is 13.5. The van der Waals surface area contributed by atoms with Gasteiger partial charge in [-0.2, -0.15) is 0 Å². The van der Waals surface area contributed by atoms with Gasteiger partial charge in [0, 0.05) is 13.0 Å². The van der Waals surface area contributed by atoms with Gasteiger partial charge in [-0.1, -0.05) is 12.1 Å². The molecule has 2 aliphatic rings. The van der Waals surface area contributed by atoms with Crippen molar-refractivity contribution in [3.8, 4) is 0 Å². The highest BCUT2D eigenvalue weighted by atomic mass is 32.2. The first kappa shape index (κ1) is 17.4. The summed E-state index contributed by atoms with van der Waals surface area (Å²) >= 11 is 0. The molecule has 1 aromatic carbocycles. The predicted molar refractivity (Wildman–Crippen MR) is 90.4 cm³/mol. The second kappa shape index (κ2) is 6.83. The minimum Gasteiger partial charge on any atom is -0.312 e. The average molecular weight is 365 g/mol. The van der Waals surface area contributed by atoms with E-state index in [1.54, 1.807) is 29.2 Å². The smallest absolute Gasteiger partial charge is 0.271 e. The number of sulfone groups is 1. The summed E-state index contributed by atoms with van der Waals surface area (Å²) < 4.78 is 22.8. The number of hydrazine groups is 1. The molecule has 2 heterocycles. The van der Waals surface area contributed by atoms with Gasteiger partial charge < -0.3 is 4.90 Å². The van der Waals surface area contributed by atoms with E-state index in [4.69, 9.17) is 0 Å². The molecule has 2 saturated heterocycles. The highest BCUT2D eigenvalue weighted by Crippen LogP contribution is 2.25. The van der Waals surface area contributed by atoms with Crippen molar-refractivity contribution in [2.24, 2.45) is 5.92 Å². The summed E-state index contributed by atoms with van der Waals surface area (Å²) in [5.41, 5.74) is 5.37. The number of hydrogen-bond acceptors (Lipinski definition) is 5. The molecule has 0 spiro atoms. The van der Waals surface area contributed by atoms with E-state index >= 15 is 0 Å². The summed E-state index contributed by atoms with van der Waals surface area (Å²) in [6.07, 6.45) is 1.44. The fourth-order valence-corrected chi connectivity index (χ4v) is 4.83. The number of amides is 3. The number of nitrogens with one attached hydrogen (secondary N) is 2. The monoisotopic (exact) mass is 365 g/mol. The van der Waals surface area contributed by atoms with Gasteiger partial charge >= 0.3 is 0 Å². The number of nitrogens with zero attached hydrogens (tertiary/aromatic N) is 1. The standard InChI is InChI=1S/C16H19N3O5S/c20-14-6-3-8-19(14)13-5-2-1-4-12(13)16(22)18-17-15(21)11-7-9-25(23,24)10-11/h1-2,4-5,11H,3,6-10H2,(H,17,21)(H,18,22)/t11-/m0/s1. The molecule has 0 radical (unpaired) electrons. The van der Waals surface area contributed by atoms with Gasteiger partial charge in [-0.15, -0.1) is 0 Å². The fraction of sp³-hybridized carbons (Fsp3) is 0.438. The van der Waals surface area contributed by atoms with Crippen LogP contribution in [0.25, 0.3) is 0 Å². The van der Waals surface area contributed by atoms with Crippen molar-refractivity contribution in [3.05, 3.63) is 29.8 Å². The molecule has 0 aromatic heterocycles. The largest absolute Gasteiger partial charge is 0.312 e. The molecule has 134 valence electrons. The zero-order chi connectivity index (χ0) is 18.0. The number of rotatable bonds is 3. The Labute approximate surface area is 145 Å². The number of para-hydroxylation sites is 1. The molecule has 2 fully saturated rings. The van der Waals surface area contributed by atoms with Crippen molar-refractivity contribution < 1.29 is 22.8 Å². The molecule has 2 aliphatic heterocycles. The molecule has 0 bridgehead atoms. The van der Waals surface area contributed by atoms with E-state index in [1.807, 2.05) is 0 Å². The van der Waals surface area contributed by atoms with E-state index in [9.17, 15) is 22.8 Å². The summed E-state index contributed by atoms with van der Waals surface area (Å²) in [4.78, 5) is 37.9. The van der Waals surface area contributed by atoms with Crippen LogP contribution in [0.5, 0.6) is 0 Å². The van der Waals surface area contributed by atoms with Gasteiger partial charge in [0.1, 0.15) is 0 Å². The number of carbonyl (C=O) groups excluding carboxylic acids is 3. The third-order valence-corrected chi connectivity index (χ3v) is 6.18. The second-order valence-electron chi connectivity index (χ2n) is 6.21. The Morgan fingerprint density at radius 3 is 2.56 bits per heavy atom. The Morgan fingerprint density at radius 1 is 1.16 bits per heavy atom. The highest BCUT2D eigenvalue weighted by Gasteiger charge is 2.33. The molecule has 0 aliphatic carbocycles.